The van der Waals surface area contributed by atoms with E-state index in [1.807, 2.05) is 6.92 Å². The van der Waals surface area contributed by atoms with Gasteiger partial charge in [0.2, 0.25) is 0 Å². The van der Waals surface area contributed by atoms with Gasteiger partial charge in [0.25, 0.3) is 5.91 Å². The molecule has 0 aromatic heterocycles. The second kappa shape index (κ2) is 9.88. The Hall–Kier alpha value is -1.88. The summed E-state index contributed by atoms with van der Waals surface area (Å²) in [4.78, 5) is 26.0. The Labute approximate surface area is 163 Å². The maximum Gasteiger partial charge on any atom is 0.314 e. The summed E-state index contributed by atoms with van der Waals surface area (Å²) in [7, 11) is 0. The molecule has 2 N–H and O–H groups in total. The monoisotopic (exact) mass is 375 g/mol. The third-order valence-electron chi connectivity index (χ3n) is 5.29. The van der Waals surface area contributed by atoms with Crippen LogP contribution in [0.3, 0.4) is 0 Å². The van der Waals surface area contributed by atoms with Gasteiger partial charge < -0.3 is 15.0 Å². The summed E-state index contributed by atoms with van der Waals surface area (Å²) in [6.45, 7) is 12.8. The van der Waals surface area contributed by atoms with Gasteiger partial charge in [0.1, 0.15) is 5.92 Å². The number of carbonyl (C=O) groups excluding carboxylic acids is 2. The molecule has 1 aliphatic rings. The van der Waals surface area contributed by atoms with Crippen molar-refractivity contribution in [2.24, 2.45) is 5.92 Å². The highest BCUT2D eigenvalue weighted by atomic mass is 16.5. The van der Waals surface area contributed by atoms with E-state index in [-0.39, 0.29) is 17.8 Å². The van der Waals surface area contributed by atoms with Gasteiger partial charge in [0, 0.05) is 5.69 Å². The Morgan fingerprint density at radius 1 is 1.19 bits per heavy atom. The van der Waals surface area contributed by atoms with Crippen LogP contribution in [-0.4, -0.2) is 38.1 Å². The van der Waals surface area contributed by atoms with E-state index in [1.54, 1.807) is 0 Å². The Bertz CT molecular complexity index is 629. The third-order valence-corrected chi connectivity index (χ3v) is 5.29. The van der Waals surface area contributed by atoms with Crippen molar-refractivity contribution in [2.45, 2.75) is 59.3 Å². The minimum Gasteiger partial charge on any atom is -0.466 e. The Morgan fingerprint density at radius 2 is 1.81 bits per heavy atom. The van der Waals surface area contributed by atoms with E-state index >= 15 is 0 Å². The van der Waals surface area contributed by atoms with E-state index in [1.165, 1.54) is 11.1 Å². The smallest absolute Gasteiger partial charge is 0.314 e. The van der Waals surface area contributed by atoms with Crippen molar-refractivity contribution in [2.75, 3.05) is 31.6 Å². The minimum absolute atomic E-state index is 0.0181. The van der Waals surface area contributed by atoms with Crippen LogP contribution in [0.5, 0.6) is 0 Å². The van der Waals surface area contributed by atoms with E-state index in [0.717, 1.165) is 30.0 Å². The van der Waals surface area contributed by atoms with Crippen LogP contribution in [0.2, 0.25) is 0 Å². The predicted octanol–water partition coefficient (Wildman–Crippen LogP) is 2.73. The van der Waals surface area contributed by atoms with Crippen LogP contribution in [0.15, 0.2) is 18.2 Å². The number of likely N-dealkylation sites (tertiary alicyclic amines) is 1. The minimum atomic E-state index is -0.123. The van der Waals surface area contributed by atoms with Gasteiger partial charge in [-0.05, 0) is 42.7 Å². The molecule has 0 aliphatic carbocycles. The number of para-hydroxylation sites is 1. The lowest BCUT2D eigenvalue weighted by atomic mass is 9.92. The van der Waals surface area contributed by atoms with Gasteiger partial charge in [0.05, 0.1) is 19.7 Å². The summed E-state index contributed by atoms with van der Waals surface area (Å²) in [6, 6.07) is 6.26. The quantitative estimate of drug-likeness (QED) is 0.721. The third kappa shape index (κ3) is 5.80. The molecule has 2 rings (SSSR count). The standard InChI is InChI=1S/C22H34N2O3/c1-6-27-22(26)17-9-8-12-24(13-17)14-20(25)23-21-18(15(2)3)10-7-11-19(21)16(4)5/h7,10-11,15-17H,6,8-9,12-14H2,1-5H3,(H,23,25)/p+1/t17-/m0/s1. The number of ether oxygens (including phenoxy) is 1. The molecule has 0 bridgehead atoms. The van der Waals surface area contributed by atoms with Crippen molar-refractivity contribution in [3.8, 4) is 0 Å². The number of rotatable bonds is 7. The van der Waals surface area contributed by atoms with Crippen LogP contribution in [0.25, 0.3) is 0 Å². The van der Waals surface area contributed by atoms with Gasteiger partial charge in [-0.25, -0.2) is 0 Å². The summed E-state index contributed by atoms with van der Waals surface area (Å²) in [5.41, 5.74) is 3.31. The Kier molecular flexibility index (Phi) is 7.84. The first-order valence-electron chi connectivity index (χ1n) is 10.3. The van der Waals surface area contributed by atoms with Crippen molar-refractivity contribution < 1.29 is 19.2 Å². The van der Waals surface area contributed by atoms with Gasteiger partial charge in [-0.1, -0.05) is 45.9 Å². The lowest BCUT2D eigenvalue weighted by Crippen LogP contribution is -3.14. The van der Waals surface area contributed by atoms with Gasteiger partial charge in [-0.3, -0.25) is 9.59 Å². The van der Waals surface area contributed by atoms with Crippen molar-refractivity contribution in [1.29, 1.82) is 0 Å². The molecule has 1 saturated heterocycles. The molecule has 27 heavy (non-hydrogen) atoms. The molecule has 5 nitrogen and oxygen atoms in total. The number of amides is 1. The predicted molar refractivity (Wildman–Crippen MR) is 108 cm³/mol. The molecular weight excluding hydrogens is 340 g/mol. The van der Waals surface area contributed by atoms with Crippen LogP contribution >= 0.6 is 0 Å². The molecular formula is C22H35N2O3+. The van der Waals surface area contributed by atoms with Crippen LogP contribution < -0.4 is 10.2 Å². The summed E-state index contributed by atoms with van der Waals surface area (Å²) in [6.07, 6.45) is 1.81. The molecule has 1 fully saturated rings. The van der Waals surface area contributed by atoms with E-state index in [0.29, 0.717) is 31.5 Å². The maximum absolute atomic E-state index is 12.8. The summed E-state index contributed by atoms with van der Waals surface area (Å²) < 4.78 is 5.16. The number of quaternary nitrogens is 1. The number of nitrogens with one attached hydrogen (secondary N) is 2. The Morgan fingerprint density at radius 3 is 2.37 bits per heavy atom. The van der Waals surface area contributed by atoms with E-state index < -0.39 is 0 Å². The molecule has 1 amide bonds. The average Bonchev–Trinajstić information content (AvgIpc) is 2.61. The van der Waals surface area contributed by atoms with Crippen molar-refractivity contribution in [1.82, 2.24) is 0 Å². The largest absolute Gasteiger partial charge is 0.466 e. The summed E-state index contributed by atoms with van der Waals surface area (Å²) in [5, 5.41) is 3.18. The molecule has 1 aliphatic heterocycles. The zero-order valence-corrected chi connectivity index (χ0v) is 17.4. The molecule has 1 aromatic rings. The van der Waals surface area contributed by atoms with Gasteiger partial charge in [-0.15, -0.1) is 0 Å². The highest BCUT2D eigenvalue weighted by Crippen LogP contribution is 2.32. The van der Waals surface area contributed by atoms with Crippen molar-refractivity contribution in [3.63, 3.8) is 0 Å². The van der Waals surface area contributed by atoms with Gasteiger partial charge >= 0.3 is 5.97 Å². The molecule has 5 heteroatoms. The maximum atomic E-state index is 12.8. The first kappa shape index (κ1) is 21.4. The van der Waals surface area contributed by atoms with Crippen LogP contribution in [0.1, 0.15) is 70.4 Å². The molecule has 1 heterocycles. The number of carbonyl (C=O) groups is 2. The van der Waals surface area contributed by atoms with Crippen molar-refractivity contribution in [3.05, 3.63) is 29.3 Å². The first-order valence-corrected chi connectivity index (χ1v) is 10.3. The average molecular weight is 376 g/mol. The van der Waals surface area contributed by atoms with E-state index in [9.17, 15) is 9.59 Å². The number of piperidine rings is 1. The number of hydrogen-bond acceptors (Lipinski definition) is 3. The van der Waals surface area contributed by atoms with Crippen molar-refractivity contribution >= 4 is 17.6 Å². The molecule has 0 spiro atoms. The molecule has 150 valence electrons. The molecule has 1 aromatic carbocycles. The zero-order chi connectivity index (χ0) is 20.0. The summed E-state index contributed by atoms with van der Waals surface area (Å²) >= 11 is 0. The second-order valence-corrected chi connectivity index (χ2v) is 8.14. The fraction of sp³-hybridized carbons (Fsp3) is 0.636. The number of anilines is 1. The van der Waals surface area contributed by atoms with E-state index in [2.05, 4.69) is 51.2 Å². The lowest BCUT2D eigenvalue weighted by Gasteiger charge is -2.28. The fourth-order valence-electron chi connectivity index (χ4n) is 3.88. The Balaban J connectivity index is 2.06. The number of benzene rings is 1. The van der Waals surface area contributed by atoms with Gasteiger partial charge in [0.15, 0.2) is 6.54 Å². The highest BCUT2D eigenvalue weighted by Gasteiger charge is 2.31. The van der Waals surface area contributed by atoms with Gasteiger partial charge in [-0.2, -0.15) is 0 Å². The van der Waals surface area contributed by atoms with E-state index in [4.69, 9.17) is 4.74 Å². The lowest BCUT2D eigenvalue weighted by molar-refractivity contribution is -0.899. The zero-order valence-electron chi connectivity index (χ0n) is 17.4. The normalized spacial score (nSPS) is 20.0. The van der Waals surface area contributed by atoms with Crippen LogP contribution in [-0.2, 0) is 14.3 Å². The first-order chi connectivity index (χ1) is 12.8. The molecule has 0 saturated carbocycles. The molecule has 0 radical (unpaired) electrons. The molecule has 1 unspecified atom stereocenters. The fourth-order valence-corrected chi connectivity index (χ4v) is 3.88. The van der Waals surface area contributed by atoms with Crippen LogP contribution in [0, 0.1) is 5.92 Å². The number of hydrogen-bond donors (Lipinski definition) is 2. The highest BCUT2D eigenvalue weighted by molar-refractivity contribution is 5.93. The number of esters is 1. The topological polar surface area (TPSA) is 59.8 Å². The SMILES string of the molecule is CCOC(=O)[C@H]1CCC[NH+](CC(=O)Nc2c(C(C)C)cccc2C(C)C)C1. The molecule has 2 atom stereocenters. The second-order valence-electron chi connectivity index (χ2n) is 8.14. The van der Waals surface area contributed by atoms with Crippen LogP contribution in [0.4, 0.5) is 5.69 Å². The summed E-state index contributed by atoms with van der Waals surface area (Å²) in [5.74, 6) is 0.492.